The van der Waals surface area contributed by atoms with Gasteiger partial charge in [0.05, 0.1) is 18.7 Å². The Bertz CT molecular complexity index is 883. The molecular weight excluding hydrogens is 330 g/mol. The minimum atomic E-state index is -0.728. The number of ether oxygens (including phenoxy) is 1. The Morgan fingerprint density at radius 3 is 2.42 bits per heavy atom. The topological polar surface area (TPSA) is 66.8 Å². The van der Waals surface area contributed by atoms with Gasteiger partial charge in [-0.05, 0) is 25.1 Å². The second kappa shape index (κ2) is 7.04. The lowest BCUT2D eigenvalue weighted by molar-refractivity contribution is -0.118. The van der Waals surface area contributed by atoms with Gasteiger partial charge >= 0.3 is 0 Å². The van der Waals surface area contributed by atoms with Crippen molar-refractivity contribution in [3.8, 4) is 5.75 Å². The molecular formula is C21H21NO4. The number of ketones is 1. The summed E-state index contributed by atoms with van der Waals surface area (Å²) in [5, 5.41) is 10.5. The van der Waals surface area contributed by atoms with E-state index in [1.165, 1.54) is 12.0 Å². The van der Waals surface area contributed by atoms with Crippen molar-refractivity contribution in [2.75, 3.05) is 12.0 Å². The SMILES string of the molecule is CCC(=O)C1=C(O)C(=O)N(c2ccc(C)cc2)C1c1ccccc1OC. The zero-order valence-corrected chi connectivity index (χ0v) is 15.0. The van der Waals surface area contributed by atoms with Crippen LogP contribution in [-0.4, -0.2) is 23.9 Å². The number of aliphatic hydroxyl groups is 1. The van der Waals surface area contributed by atoms with Crippen molar-refractivity contribution < 1.29 is 19.4 Å². The van der Waals surface area contributed by atoms with E-state index in [0.29, 0.717) is 17.0 Å². The third-order valence-corrected chi connectivity index (χ3v) is 4.58. The van der Waals surface area contributed by atoms with Gasteiger partial charge in [0.25, 0.3) is 5.91 Å². The van der Waals surface area contributed by atoms with Crippen molar-refractivity contribution in [3.05, 3.63) is 71.0 Å². The summed E-state index contributed by atoms with van der Waals surface area (Å²) in [5.74, 6) is -0.783. The number of benzene rings is 2. The fraction of sp³-hybridized carbons (Fsp3) is 0.238. The average Bonchev–Trinajstić information content (AvgIpc) is 2.93. The van der Waals surface area contributed by atoms with Gasteiger partial charge in [0.1, 0.15) is 5.75 Å². The molecule has 1 heterocycles. The lowest BCUT2D eigenvalue weighted by Gasteiger charge is -2.28. The molecule has 0 saturated carbocycles. The van der Waals surface area contributed by atoms with Crippen LogP contribution in [0.2, 0.25) is 0 Å². The zero-order valence-electron chi connectivity index (χ0n) is 15.0. The largest absolute Gasteiger partial charge is 0.503 e. The summed E-state index contributed by atoms with van der Waals surface area (Å²) in [7, 11) is 1.54. The quantitative estimate of drug-likeness (QED) is 0.888. The summed E-state index contributed by atoms with van der Waals surface area (Å²) < 4.78 is 5.44. The van der Waals surface area contributed by atoms with Crippen LogP contribution in [0.15, 0.2) is 59.9 Å². The van der Waals surface area contributed by atoms with Gasteiger partial charge in [-0.2, -0.15) is 0 Å². The molecule has 0 radical (unpaired) electrons. The number of carbonyl (C=O) groups is 2. The summed E-state index contributed by atoms with van der Waals surface area (Å²) in [5.41, 5.74) is 2.44. The van der Waals surface area contributed by atoms with Gasteiger partial charge in [0, 0.05) is 17.7 Å². The van der Waals surface area contributed by atoms with E-state index in [1.54, 1.807) is 19.1 Å². The maximum absolute atomic E-state index is 12.8. The maximum atomic E-state index is 12.8. The normalized spacial score (nSPS) is 17.0. The summed E-state index contributed by atoms with van der Waals surface area (Å²) in [6, 6.07) is 13.9. The van der Waals surface area contributed by atoms with Gasteiger partial charge in [0.2, 0.25) is 0 Å². The van der Waals surface area contributed by atoms with E-state index < -0.39 is 17.7 Å². The van der Waals surface area contributed by atoms with E-state index in [1.807, 2.05) is 43.3 Å². The van der Waals surface area contributed by atoms with Crippen molar-refractivity contribution in [2.24, 2.45) is 0 Å². The number of hydrogen-bond acceptors (Lipinski definition) is 4. The minimum absolute atomic E-state index is 0.113. The van der Waals surface area contributed by atoms with Crippen molar-refractivity contribution in [2.45, 2.75) is 26.3 Å². The standard InChI is InChI=1S/C21H21NO4/c1-4-16(23)18-19(15-7-5-6-8-17(15)26-3)22(21(25)20(18)24)14-11-9-13(2)10-12-14/h5-12,19,24H,4H2,1-3H3. The number of rotatable bonds is 5. The first kappa shape index (κ1) is 17.7. The number of aliphatic hydroxyl groups excluding tert-OH is 1. The Balaban J connectivity index is 2.22. The average molecular weight is 351 g/mol. The van der Waals surface area contributed by atoms with E-state index in [2.05, 4.69) is 0 Å². The Kier molecular flexibility index (Phi) is 4.80. The summed E-state index contributed by atoms with van der Waals surface area (Å²) in [6.07, 6.45) is 0.195. The highest BCUT2D eigenvalue weighted by Gasteiger charge is 2.44. The van der Waals surface area contributed by atoms with Crippen LogP contribution in [0, 0.1) is 6.92 Å². The predicted octanol–water partition coefficient (Wildman–Crippen LogP) is 3.88. The molecule has 1 unspecified atom stereocenters. The lowest BCUT2D eigenvalue weighted by atomic mass is 9.94. The van der Waals surface area contributed by atoms with E-state index in [-0.39, 0.29) is 17.8 Å². The monoisotopic (exact) mass is 351 g/mol. The second-order valence-electron chi connectivity index (χ2n) is 6.19. The molecule has 1 N–H and O–H groups in total. The molecule has 2 aromatic carbocycles. The van der Waals surface area contributed by atoms with Crippen LogP contribution >= 0.6 is 0 Å². The van der Waals surface area contributed by atoms with Gasteiger partial charge in [-0.25, -0.2) is 0 Å². The van der Waals surface area contributed by atoms with Crippen molar-refractivity contribution in [1.29, 1.82) is 0 Å². The molecule has 1 amide bonds. The fourth-order valence-electron chi connectivity index (χ4n) is 3.24. The Morgan fingerprint density at radius 1 is 1.15 bits per heavy atom. The van der Waals surface area contributed by atoms with Gasteiger partial charge in [0.15, 0.2) is 11.5 Å². The maximum Gasteiger partial charge on any atom is 0.294 e. The first-order chi connectivity index (χ1) is 12.5. The first-order valence-electron chi connectivity index (χ1n) is 8.49. The van der Waals surface area contributed by atoms with Gasteiger partial charge < -0.3 is 9.84 Å². The molecule has 0 spiro atoms. The highest BCUT2D eigenvalue weighted by atomic mass is 16.5. The molecule has 0 aromatic heterocycles. The molecule has 0 aliphatic carbocycles. The minimum Gasteiger partial charge on any atom is -0.503 e. The number of para-hydroxylation sites is 1. The summed E-state index contributed by atoms with van der Waals surface area (Å²) in [4.78, 5) is 26.8. The zero-order chi connectivity index (χ0) is 18.8. The molecule has 0 fully saturated rings. The molecule has 2 aromatic rings. The van der Waals surface area contributed by atoms with Crippen LogP contribution in [0.4, 0.5) is 5.69 Å². The number of anilines is 1. The van der Waals surface area contributed by atoms with Crippen LogP contribution in [-0.2, 0) is 9.59 Å². The first-order valence-corrected chi connectivity index (χ1v) is 8.49. The van der Waals surface area contributed by atoms with Crippen LogP contribution in [0.5, 0.6) is 5.75 Å². The van der Waals surface area contributed by atoms with Crippen LogP contribution in [0.1, 0.15) is 30.5 Å². The smallest absolute Gasteiger partial charge is 0.294 e. The summed E-state index contributed by atoms with van der Waals surface area (Å²) >= 11 is 0. The van der Waals surface area contributed by atoms with Crippen molar-refractivity contribution in [3.63, 3.8) is 0 Å². The number of amides is 1. The highest BCUT2D eigenvalue weighted by Crippen LogP contribution is 2.44. The Hall–Kier alpha value is -3.08. The van der Waals surface area contributed by atoms with Crippen LogP contribution in [0.3, 0.4) is 0 Å². The van der Waals surface area contributed by atoms with Gasteiger partial charge in [-0.15, -0.1) is 0 Å². The molecule has 5 nitrogen and oxygen atoms in total. The third kappa shape index (κ3) is 2.86. The third-order valence-electron chi connectivity index (χ3n) is 4.58. The molecule has 1 atom stereocenters. The molecule has 26 heavy (non-hydrogen) atoms. The van der Waals surface area contributed by atoms with Crippen LogP contribution in [0.25, 0.3) is 0 Å². The van der Waals surface area contributed by atoms with Crippen molar-refractivity contribution in [1.82, 2.24) is 0 Å². The molecule has 1 aliphatic heterocycles. The number of carbonyl (C=O) groups excluding carboxylic acids is 2. The number of hydrogen-bond donors (Lipinski definition) is 1. The van der Waals surface area contributed by atoms with E-state index in [4.69, 9.17) is 4.74 Å². The molecule has 0 bridgehead atoms. The number of aryl methyl sites for hydroxylation is 1. The molecule has 3 rings (SSSR count). The Morgan fingerprint density at radius 2 is 1.81 bits per heavy atom. The Labute approximate surface area is 152 Å². The van der Waals surface area contributed by atoms with E-state index >= 15 is 0 Å². The number of nitrogens with zero attached hydrogens (tertiary/aromatic N) is 1. The molecule has 134 valence electrons. The number of methoxy groups -OCH3 is 1. The number of Topliss-reactive ketones (excluding diaryl/α,β-unsaturated/α-hetero) is 1. The van der Waals surface area contributed by atoms with Crippen molar-refractivity contribution >= 4 is 17.4 Å². The van der Waals surface area contributed by atoms with E-state index in [0.717, 1.165) is 5.56 Å². The van der Waals surface area contributed by atoms with Gasteiger partial charge in [-0.3, -0.25) is 14.5 Å². The molecule has 0 saturated heterocycles. The lowest BCUT2D eigenvalue weighted by Crippen LogP contribution is -2.31. The molecule has 1 aliphatic rings. The second-order valence-corrected chi connectivity index (χ2v) is 6.19. The van der Waals surface area contributed by atoms with Crippen LogP contribution < -0.4 is 9.64 Å². The van der Waals surface area contributed by atoms with Gasteiger partial charge in [-0.1, -0.05) is 42.8 Å². The fourth-order valence-corrected chi connectivity index (χ4v) is 3.24. The summed E-state index contributed by atoms with van der Waals surface area (Å²) in [6.45, 7) is 3.66. The highest BCUT2D eigenvalue weighted by molar-refractivity contribution is 6.16. The van der Waals surface area contributed by atoms with E-state index in [9.17, 15) is 14.7 Å². The predicted molar refractivity (Wildman–Crippen MR) is 99.4 cm³/mol. The molecule has 5 heteroatoms.